The molecule has 0 bridgehead atoms. The Morgan fingerprint density at radius 3 is 2.47 bits per heavy atom. The summed E-state index contributed by atoms with van der Waals surface area (Å²) in [5.74, 6) is 0. The molecule has 0 amide bonds. The molecule has 4 heteroatoms. The molecule has 1 unspecified atom stereocenters. The van der Waals surface area contributed by atoms with Crippen molar-refractivity contribution in [3.8, 4) is 0 Å². The molecule has 0 saturated carbocycles. The number of nitrogens with zero attached hydrogens (tertiary/aromatic N) is 2. The van der Waals surface area contributed by atoms with Gasteiger partial charge >= 0.3 is 0 Å². The minimum atomic E-state index is 0.378. The summed E-state index contributed by atoms with van der Waals surface area (Å²) in [6.07, 6.45) is 2.18. The van der Waals surface area contributed by atoms with Crippen molar-refractivity contribution in [1.29, 1.82) is 0 Å². The van der Waals surface area contributed by atoms with Crippen LogP contribution in [0, 0.1) is 0 Å². The van der Waals surface area contributed by atoms with E-state index in [-0.39, 0.29) is 0 Å². The van der Waals surface area contributed by atoms with E-state index in [4.69, 9.17) is 5.73 Å². The average molecular weight is 262 g/mol. The molecule has 106 valence electrons. The lowest BCUT2D eigenvalue weighted by atomic mass is 10.1. The molecule has 0 aromatic heterocycles. The standard InChI is InChI=1S/C15H26N4/c1-18-9-11-19(12-10-18)17-15(13-16)8-7-14-5-3-2-4-6-14/h2-6,15,17H,7-13,16H2,1H3. The lowest BCUT2D eigenvalue weighted by Gasteiger charge is -2.35. The van der Waals surface area contributed by atoms with Gasteiger partial charge in [0, 0.05) is 38.8 Å². The number of hydrogen-bond acceptors (Lipinski definition) is 4. The Bertz CT molecular complexity index is 346. The Hall–Kier alpha value is -0.940. The summed E-state index contributed by atoms with van der Waals surface area (Å²) in [5.41, 5.74) is 10.8. The fourth-order valence-electron chi connectivity index (χ4n) is 2.41. The fourth-order valence-corrected chi connectivity index (χ4v) is 2.41. The van der Waals surface area contributed by atoms with Gasteiger partial charge in [0.1, 0.15) is 0 Å². The highest BCUT2D eigenvalue weighted by Crippen LogP contribution is 2.06. The molecule has 1 aliphatic rings. The van der Waals surface area contributed by atoms with Crippen LogP contribution in [0.3, 0.4) is 0 Å². The number of benzene rings is 1. The predicted octanol–water partition coefficient (Wildman–Crippen LogP) is 0.699. The molecule has 1 aromatic rings. The second-order valence-corrected chi connectivity index (χ2v) is 5.38. The fraction of sp³-hybridized carbons (Fsp3) is 0.600. The zero-order valence-electron chi connectivity index (χ0n) is 11.9. The molecule has 0 radical (unpaired) electrons. The highest BCUT2D eigenvalue weighted by molar-refractivity contribution is 5.14. The van der Waals surface area contributed by atoms with Gasteiger partial charge < -0.3 is 10.6 Å². The monoisotopic (exact) mass is 262 g/mol. The van der Waals surface area contributed by atoms with Crippen molar-refractivity contribution < 1.29 is 0 Å². The molecule has 1 fully saturated rings. The van der Waals surface area contributed by atoms with Crippen LogP contribution in [0.4, 0.5) is 0 Å². The lowest BCUT2D eigenvalue weighted by Crippen LogP contribution is -2.55. The molecule has 1 heterocycles. The molecule has 1 aromatic carbocycles. The molecule has 1 aliphatic heterocycles. The number of likely N-dealkylation sites (N-methyl/N-ethyl adjacent to an activating group) is 1. The maximum absolute atomic E-state index is 5.88. The Morgan fingerprint density at radius 2 is 1.84 bits per heavy atom. The number of piperazine rings is 1. The van der Waals surface area contributed by atoms with E-state index in [9.17, 15) is 0 Å². The summed E-state index contributed by atoms with van der Waals surface area (Å²) in [6, 6.07) is 11.0. The van der Waals surface area contributed by atoms with Gasteiger partial charge in [0.15, 0.2) is 0 Å². The third-order valence-electron chi connectivity index (χ3n) is 3.78. The van der Waals surface area contributed by atoms with Crippen LogP contribution >= 0.6 is 0 Å². The van der Waals surface area contributed by atoms with Crippen molar-refractivity contribution in [1.82, 2.24) is 15.3 Å². The zero-order chi connectivity index (χ0) is 13.5. The summed E-state index contributed by atoms with van der Waals surface area (Å²) in [6.45, 7) is 5.11. The van der Waals surface area contributed by atoms with Crippen molar-refractivity contribution in [3.63, 3.8) is 0 Å². The molecular formula is C15H26N4. The smallest absolute Gasteiger partial charge is 0.0341 e. The van der Waals surface area contributed by atoms with E-state index in [2.05, 4.69) is 52.7 Å². The molecule has 3 N–H and O–H groups in total. The Kier molecular flexibility index (Phi) is 5.79. The Balaban J connectivity index is 1.74. The minimum absolute atomic E-state index is 0.378. The number of rotatable bonds is 6. The van der Waals surface area contributed by atoms with E-state index in [1.807, 2.05) is 0 Å². The highest BCUT2D eigenvalue weighted by Gasteiger charge is 2.16. The van der Waals surface area contributed by atoms with E-state index in [0.29, 0.717) is 12.6 Å². The van der Waals surface area contributed by atoms with Crippen LogP contribution in [0.25, 0.3) is 0 Å². The van der Waals surface area contributed by atoms with Crippen molar-refractivity contribution in [3.05, 3.63) is 35.9 Å². The van der Waals surface area contributed by atoms with Crippen molar-refractivity contribution in [2.24, 2.45) is 5.73 Å². The van der Waals surface area contributed by atoms with Crippen molar-refractivity contribution in [2.45, 2.75) is 18.9 Å². The summed E-state index contributed by atoms with van der Waals surface area (Å²) in [5, 5.41) is 2.32. The van der Waals surface area contributed by atoms with E-state index in [0.717, 1.165) is 39.0 Å². The van der Waals surface area contributed by atoms with Crippen LogP contribution < -0.4 is 11.2 Å². The van der Waals surface area contributed by atoms with Gasteiger partial charge in [-0.2, -0.15) is 0 Å². The number of aryl methyl sites for hydroxylation is 1. The normalized spacial score (nSPS) is 19.5. The Labute approximate surface area is 116 Å². The van der Waals surface area contributed by atoms with Crippen molar-refractivity contribution >= 4 is 0 Å². The van der Waals surface area contributed by atoms with Gasteiger partial charge in [-0.05, 0) is 25.5 Å². The number of nitrogens with two attached hydrogens (primary N) is 1. The Morgan fingerprint density at radius 1 is 1.16 bits per heavy atom. The summed E-state index contributed by atoms with van der Waals surface area (Å²) >= 11 is 0. The van der Waals surface area contributed by atoms with Gasteiger partial charge in [0.25, 0.3) is 0 Å². The first-order valence-electron chi connectivity index (χ1n) is 7.21. The minimum Gasteiger partial charge on any atom is -0.329 e. The van der Waals surface area contributed by atoms with Crippen LogP contribution in [-0.4, -0.2) is 55.7 Å². The molecule has 1 saturated heterocycles. The first-order chi connectivity index (χ1) is 9.28. The number of hydrazine groups is 1. The molecule has 4 nitrogen and oxygen atoms in total. The molecule has 0 spiro atoms. The molecule has 0 aliphatic carbocycles. The maximum atomic E-state index is 5.88. The van der Waals surface area contributed by atoms with Crippen molar-refractivity contribution in [2.75, 3.05) is 39.8 Å². The van der Waals surface area contributed by atoms with Crippen LogP contribution in [0.15, 0.2) is 30.3 Å². The summed E-state index contributed by atoms with van der Waals surface area (Å²) in [7, 11) is 2.17. The zero-order valence-corrected chi connectivity index (χ0v) is 11.9. The SMILES string of the molecule is CN1CCN(NC(CN)CCc2ccccc2)CC1. The number of hydrogen-bond donors (Lipinski definition) is 2. The van der Waals surface area contributed by atoms with E-state index in [1.165, 1.54) is 5.56 Å². The molecule has 2 rings (SSSR count). The van der Waals surface area contributed by atoms with Gasteiger partial charge in [-0.3, -0.25) is 5.43 Å². The number of nitrogens with one attached hydrogen (secondary N) is 1. The lowest BCUT2D eigenvalue weighted by molar-refractivity contribution is 0.0864. The third kappa shape index (κ3) is 4.91. The van der Waals surface area contributed by atoms with Gasteiger partial charge in [-0.25, -0.2) is 5.01 Å². The van der Waals surface area contributed by atoms with E-state index >= 15 is 0 Å². The first kappa shape index (κ1) is 14.5. The quantitative estimate of drug-likeness (QED) is 0.792. The van der Waals surface area contributed by atoms with Gasteiger partial charge in [-0.1, -0.05) is 30.3 Å². The van der Waals surface area contributed by atoms with Gasteiger partial charge in [0.05, 0.1) is 0 Å². The molecular weight excluding hydrogens is 236 g/mol. The van der Waals surface area contributed by atoms with Crippen LogP contribution in [0.5, 0.6) is 0 Å². The topological polar surface area (TPSA) is 44.5 Å². The summed E-state index contributed by atoms with van der Waals surface area (Å²) in [4.78, 5) is 2.36. The largest absolute Gasteiger partial charge is 0.329 e. The first-order valence-corrected chi connectivity index (χ1v) is 7.21. The van der Waals surface area contributed by atoms with E-state index in [1.54, 1.807) is 0 Å². The van der Waals surface area contributed by atoms with E-state index < -0.39 is 0 Å². The molecule has 19 heavy (non-hydrogen) atoms. The second-order valence-electron chi connectivity index (χ2n) is 5.38. The van der Waals surface area contributed by atoms with Crippen LogP contribution in [-0.2, 0) is 6.42 Å². The summed E-state index contributed by atoms with van der Waals surface area (Å²) < 4.78 is 0. The van der Waals surface area contributed by atoms with Gasteiger partial charge in [-0.15, -0.1) is 0 Å². The van der Waals surface area contributed by atoms with Crippen LogP contribution in [0.1, 0.15) is 12.0 Å². The predicted molar refractivity (Wildman–Crippen MR) is 79.8 cm³/mol. The highest BCUT2D eigenvalue weighted by atomic mass is 15.5. The average Bonchev–Trinajstić information content (AvgIpc) is 2.46. The second kappa shape index (κ2) is 7.60. The van der Waals surface area contributed by atoms with Crippen LogP contribution in [0.2, 0.25) is 0 Å². The molecule has 1 atom stereocenters. The maximum Gasteiger partial charge on any atom is 0.0341 e. The third-order valence-corrected chi connectivity index (χ3v) is 3.78. The van der Waals surface area contributed by atoms with Gasteiger partial charge in [0.2, 0.25) is 0 Å².